The van der Waals surface area contributed by atoms with E-state index in [2.05, 4.69) is 12.2 Å². The third kappa shape index (κ3) is 4.47. The lowest BCUT2D eigenvalue weighted by molar-refractivity contribution is -0.118. The minimum absolute atomic E-state index is 0.132. The van der Waals surface area contributed by atoms with Crippen molar-refractivity contribution in [1.82, 2.24) is 4.90 Å². The van der Waals surface area contributed by atoms with Crippen LogP contribution in [0.4, 0.5) is 14.5 Å². The van der Waals surface area contributed by atoms with Crippen LogP contribution in [0, 0.1) is 17.6 Å². The van der Waals surface area contributed by atoms with Crippen molar-refractivity contribution in [3.05, 3.63) is 29.8 Å². The smallest absolute Gasteiger partial charge is 0.238 e. The SMILES string of the molecule is CC1CCN(CC(=O)Nc2cc(F)cc(F)c2)C(CN)C1. The van der Waals surface area contributed by atoms with Crippen molar-refractivity contribution >= 4 is 11.6 Å². The molecule has 1 fully saturated rings. The number of amides is 1. The second kappa shape index (κ2) is 6.95. The number of hydrogen-bond donors (Lipinski definition) is 2. The number of piperidine rings is 1. The molecule has 3 N–H and O–H groups in total. The molecule has 2 atom stereocenters. The second-order valence-electron chi connectivity index (χ2n) is 5.70. The van der Waals surface area contributed by atoms with E-state index < -0.39 is 11.6 Å². The average molecular weight is 297 g/mol. The highest BCUT2D eigenvalue weighted by Gasteiger charge is 2.26. The van der Waals surface area contributed by atoms with Crippen LogP contribution in [0.3, 0.4) is 0 Å². The molecule has 116 valence electrons. The largest absolute Gasteiger partial charge is 0.329 e. The maximum Gasteiger partial charge on any atom is 0.238 e. The summed E-state index contributed by atoms with van der Waals surface area (Å²) in [6.45, 7) is 3.68. The molecule has 1 aromatic rings. The quantitative estimate of drug-likeness (QED) is 0.893. The fraction of sp³-hybridized carbons (Fsp3) is 0.533. The molecular weight excluding hydrogens is 276 g/mol. The molecule has 0 aliphatic carbocycles. The molecule has 1 aliphatic heterocycles. The van der Waals surface area contributed by atoms with Crippen molar-refractivity contribution in [3.63, 3.8) is 0 Å². The lowest BCUT2D eigenvalue weighted by Gasteiger charge is -2.37. The highest BCUT2D eigenvalue weighted by molar-refractivity contribution is 5.92. The molecule has 0 saturated carbocycles. The van der Waals surface area contributed by atoms with Crippen LogP contribution in [0.5, 0.6) is 0 Å². The summed E-state index contributed by atoms with van der Waals surface area (Å²) >= 11 is 0. The van der Waals surface area contributed by atoms with Crippen molar-refractivity contribution in [2.24, 2.45) is 11.7 Å². The molecule has 1 heterocycles. The summed E-state index contributed by atoms with van der Waals surface area (Å²) < 4.78 is 26.2. The first-order chi connectivity index (χ1) is 9.97. The number of nitrogens with two attached hydrogens (primary N) is 1. The molecular formula is C15H21F2N3O. The van der Waals surface area contributed by atoms with Crippen LogP contribution in [-0.4, -0.2) is 36.5 Å². The Morgan fingerprint density at radius 3 is 2.67 bits per heavy atom. The van der Waals surface area contributed by atoms with Crippen LogP contribution >= 0.6 is 0 Å². The molecule has 2 unspecified atom stereocenters. The first-order valence-corrected chi connectivity index (χ1v) is 7.18. The van der Waals surface area contributed by atoms with Gasteiger partial charge in [-0.25, -0.2) is 8.78 Å². The van der Waals surface area contributed by atoms with Gasteiger partial charge in [0, 0.05) is 24.3 Å². The van der Waals surface area contributed by atoms with E-state index in [9.17, 15) is 13.6 Å². The van der Waals surface area contributed by atoms with E-state index >= 15 is 0 Å². The maximum atomic E-state index is 13.1. The van der Waals surface area contributed by atoms with Crippen molar-refractivity contribution in [3.8, 4) is 0 Å². The Hall–Kier alpha value is -1.53. The predicted octanol–water partition coefficient (Wildman–Crippen LogP) is 1.96. The number of hydrogen-bond acceptors (Lipinski definition) is 3. The summed E-state index contributed by atoms with van der Waals surface area (Å²) in [5, 5.41) is 2.53. The number of anilines is 1. The number of nitrogens with zero attached hydrogens (tertiary/aromatic N) is 1. The first-order valence-electron chi connectivity index (χ1n) is 7.18. The molecule has 6 heteroatoms. The number of benzene rings is 1. The minimum atomic E-state index is -0.711. The van der Waals surface area contributed by atoms with Crippen LogP contribution < -0.4 is 11.1 Å². The van der Waals surface area contributed by atoms with Gasteiger partial charge >= 0.3 is 0 Å². The molecule has 1 amide bonds. The highest BCUT2D eigenvalue weighted by Crippen LogP contribution is 2.21. The number of carbonyl (C=O) groups excluding carboxylic acids is 1. The van der Waals surface area contributed by atoms with E-state index in [1.165, 1.54) is 0 Å². The van der Waals surface area contributed by atoms with Gasteiger partial charge in [0.2, 0.25) is 5.91 Å². The van der Waals surface area contributed by atoms with Crippen molar-refractivity contribution in [1.29, 1.82) is 0 Å². The minimum Gasteiger partial charge on any atom is -0.329 e. The number of nitrogens with one attached hydrogen (secondary N) is 1. The Kier molecular flexibility index (Phi) is 5.25. The zero-order chi connectivity index (χ0) is 15.4. The Morgan fingerprint density at radius 2 is 2.05 bits per heavy atom. The van der Waals surface area contributed by atoms with Gasteiger partial charge in [0.05, 0.1) is 6.54 Å². The van der Waals surface area contributed by atoms with E-state index in [0.717, 1.165) is 37.6 Å². The summed E-state index contributed by atoms with van der Waals surface area (Å²) in [5.41, 5.74) is 5.88. The van der Waals surface area contributed by atoms with Gasteiger partial charge in [-0.2, -0.15) is 0 Å². The summed E-state index contributed by atoms with van der Waals surface area (Å²) in [4.78, 5) is 14.0. The second-order valence-corrected chi connectivity index (χ2v) is 5.70. The summed E-state index contributed by atoms with van der Waals surface area (Å²) in [7, 11) is 0. The van der Waals surface area contributed by atoms with Gasteiger partial charge in [-0.05, 0) is 37.4 Å². The molecule has 21 heavy (non-hydrogen) atoms. The highest BCUT2D eigenvalue weighted by atomic mass is 19.1. The maximum absolute atomic E-state index is 13.1. The number of halogens is 2. The molecule has 0 aromatic heterocycles. The third-order valence-electron chi connectivity index (χ3n) is 3.87. The lowest BCUT2D eigenvalue weighted by atomic mass is 9.92. The summed E-state index contributed by atoms with van der Waals surface area (Å²) in [5.74, 6) is -1.10. The molecule has 1 saturated heterocycles. The van der Waals surface area contributed by atoms with Crippen LogP contribution in [0.2, 0.25) is 0 Å². The van der Waals surface area contributed by atoms with Gasteiger partial charge in [-0.3, -0.25) is 9.69 Å². The molecule has 1 aromatic carbocycles. The Bertz CT molecular complexity index is 489. The lowest BCUT2D eigenvalue weighted by Crippen LogP contribution is -2.49. The standard InChI is InChI=1S/C15H21F2N3O/c1-10-2-3-20(14(4-10)8-18)9-15(21)19-13-6-11(16)5-12(17)7-13/h5-7,10,14H,2-4,8-9,18H2,1H3,(H,19,21). The number of likely N-dealkylation sites (tertiary alicyclic amines) is 1. The van der Waals surface area contributed by atoms with Crippen molar-refractivity contribution in [2.75, 3.05) is 25.0 Å². The van der Waals surface area contributed by atoms with E-state index in [0.29, 0.717) is 12.5 Å². The van der Waals surface area contributed by atoms with E-state index in [4.69, 9.17) is 5.73 Å². The molecule has 2 rings (SSSR count). The Balaban J connectivity index is 1.94. The number of carbonyl (C=O) groups is 1. The van der Waals surface area contributed by atoms with Gasteiger partial charge in [0.1, 0.15) is 11.6 Å². The zero-order valence-electron chi connectivity index (χ0n) is 12.1. The van der Waals surface area contributed by atoms with Gasteiger partial charge in [-0.1, -0.05) is 6.92 Å². The topological polar surface area (TPSA) is 58.4 Å². The monoisotopic (exact) mass is 297 g/mol. The fourth-order valence-corrected chi connectivity index (χ4v) is 2.76. The van der Waals surface area contributed by atoms with Gasteiger partial charge in [-0.15, -0.1) is 0 Å². The average Bonchev–Trinajstić information content (AvgIpc) is 2.39. The van der Waals surface area contributed by atoms with E-state index in [-0.39, 0.29) is 24.2 Å². The summed E-state index contributed by atoms with van der Waals surface area (Å²) in [6, 6.07) is 3.15. The molecule has 0 radical (unpaired) electrons. The Labute approximate surface area is 123 Å². The van der Waals surface area contributed by atoms with Crippen LogP contribution in [-0.2, 0) is 4.79 Å². The zero-order valence-corrected chi connectivity index (χ0v) is 12.1. The molecule has 4 nitrogen and oxygen atoms in total. The van der Waals surface area contributed by atoms with Crippen LogP contribution in [0.25, 0.3) is 0 Å². The van der Waals surface area contributed by atoms with E-state index in [1.54, 1.807) is 0 Å². The van der Waals surface area contributed by atoms with Crippen molar-refractivity contribution in [2.45, 2.75) is 25.8 Å². The van der Waals surface area contributed by atoms with Gasteiger partial charge in [0.25, 0.3) is 0 Å². The van der Waals surface area contributed by atoms with Gasteiger partial charge < -0.3 is 11.1 Å². The summed E-state index contributed by atoms with van der Waals surface area (Å²) in [6.07, 6.45) is 2.00. The normalized spacial score (nSPS) is 23.0. The molecule has 1 aliphatic rings. The molecule has 0 bridgehead atoms. The van der Waals surface area contributed by atoms with E-state index in [1.807, 2.05) is 4.90 Å². The van der Waals surface area contributed by atoms with Crippen LogP contribution in [0.15, 0.2) is 18.2 Å². The first kappa shape index (κ1) is 15.9. The predicted molar refractivity (Wildman–Crippen MR) is 77.8 cm³/mol. The van der Waals surface area contributed by atoms with Crippen molar-refractivity contribution < 1.29 is 13.6 Å². The third-order valence-corrected chi connectivity index (χ3v) is 3.87. The number of rotatable bonds is 4. The fourth-order valence-electron chi connectivity index (χ4n) is 2.76. The Morgan fingerprint density at radius 1 is 1.38 bits per heavy atom. The van der Waals surface area contributed by atoms with Gasteiger partial charge in [0.15, 0.2) is 0 Å². The van der Waals surface area contributed by atoms with Crippen LogP contribution in [0.1, 0.15) is 19.8 Å². The molecule has 0 spiro atoms.